The van der Waals surface area contributed by atoms with Gasteiger partial charge in [0.1, 0.15) is 11.9 Å². The van der Waals surface area contributed by atoms with Crippen molar-refractivity contribution in [3.63, 3.8) is 0 Å². The zero-order chi connectivity index (χ0) is 22.2. The van der Waals surface area contributed by atoms with E-state index in [0.29, 0.717) is 0 Å². The van der Waals surface area contributed by atoms with Crippen LogP contribution in [0.4, 0.5) is 5.69 Å². The first kappa shape index (κ1) is 18.7. The van der Waals surface area contributed by atoms with Crippen LogP contribution in [0.25, 0.3) is 0 Å². The molecule has 0 unspecified atom stereocenters. The van der Waals surface area contributed by atoms with Gasteiger partial charge in [-0.05, 0) is 41.3 Å². The van der Waals surface area contributed by atoms with Crippen LogP contribution in [0.3, 0.4) is 0 Å². The Hall–Kier alpha value is -4.04. The molecule has 154 valence electrons. The topological polar surface area (TPSA) is 78.2 Å². The highest BCUT2D eigenvalue weighted by Gasteiger charge is 2.70. The molecule has 7 rings (SSSR count). The first-order valence-corrected chi connectivity index (χ1v) is 10.6. The lowest BCUT2D eigenvalue weighted by molar-refractivity contribution is -0.132. The van der Waals surface area contributed by atoms with Crippen molar-refractivity contribution in [1.29, 1.82) is 5.26 Å². The monoisotopic (exact) mass is 418 g/mol. The van der Waals surface area contributed by atoms with Gasteiger partial charge in [-0.1, -0.05) is 60.7 Å². The standard InChI is InChI=1S/C27H18N2O3/c1-15(30)27-19-11-5-3-9-17(19)22(18-10-4-6-12-20(18)27)23-24(27)26(32)29(25(23)31)21-13-7-2-8-16(21)14-28/h2-13,22-24H,1H3/t22?,23-,24+,27?/m0/s1. The molecule has 2 bridgehead atoms. The fraction of sp³-hybridized carbons (Fsp3) is 0.185. The lowest BCUT2D eigenvalue weighted by Crippen LogP contribution is -2.57. The van der Waals surface area contributed by atoms with Gasteiger partial charge in [-0.15, -0.1) is 0 Å². The van der Waals surface area contributed by atoms with E-state index in [9.17, 15) is 19.6 Å². The van der Waals surface area contributed by atoms with Gasteiger partial charge in [0.05, 0.1) is 28.5 Å². The van der Waals surface area contributed by atoms with Gasteiger partial charge in [0.2, 0.25) is 11.8 Å². The number of benzene rings is 3. The highest BCUT2D eigenvalue weighted by atomic mass is 16.2. The van der Waals surface area contributed by atoms with E-state index in [2.05, 4.69) is 6.07 Å². The Morgan fingerprint density at radius 1 is 0.875 bits per heavy atom. The highest BCUT2D eigenvalue weighted by Crippen LogP contribution is 2.64. The molecular formula is C27H18N2O3. The fourth-order valence-corrected chi connectivity index (χ4v) is 6.37. The summed E-state index contributed by atoms with van der Waals surface area (Å²) >= 11 is 0. The summed E-state index contributed by atoms with van der Waals surface area (Å²) in [7, 11) is 0. The van der Waals surface area contributed by atoms with Gasteiger partial charge in [-0.25, -0.2) is 4.90 Å². The summed E-state index contributed by atoms with van der Waals surface area (Å²) in [6.07, 6.45) is 0. The smallest absolute Gasteiger partial charge is 0.239 e. The van der Waals surface area contributed by atoms with Crippen molar-refractivity contribution in [3.8, 4) is 6.07 Å². The maximum atomic E-state index is 14.0. The zero-order valence-electron chi connectivity index (χ0n) is 17.3. The summed E-state index contributed by atoms with van der Waals surface area (Å²) in [5, 5.41) is 9.60. The average Bonchev–Trinajstić information content (AvgIpc) is 3.09. The largest absolute Gasteiger partial charge is 0.299 e. The summed E-state index contributed by atoms with van der Waals surface area (Å²) in [6, 6.07) is 24.1. The molecule has 2 atom stereocenters. The number of anilines is 1. The molecule has 0 radical (unpaired) electrons. The molecule has 0 spiro atoms. The molecular weight excluding hydrogens is 400 g/mol. The minimum absolute atomic E-state index is 0.151. The number of nitrogens with zero attached hydrogens (tertiary/aromatic N) is 2. The van der Waals surface area contributed by atoms with Crippen molar-refractivity contribution in [3.05, 3.63) is 101 Å². The molecule has 5 heteroatoms. The van der Waals surface area contributed by atoms with E-state index in [1.54, 1.807) is 24.3 Å². The summed E-state index contributed by atoms with van der Waals surface area (Å²) in [5.74, 6) is -2.75. The number of para-hydroxylation sites is 1. The number of nitriles is 1. The fourth-order valence-electron chi connectivity index (χ4n) is 6.37. The number of carbonyl (C=O) groups is 3. The van der Waals surface area contributed by atoms with Crippen molar-refractivity contribution in [2.45, 2.75) is 18.3 Å². The van der Waals surface area contributed by atoms with Crippen LogP contribution < -0.4 is 4.90 Å². The van der Waals surface area contributed by atoms with E-state index < -0.39 is 23.2 Å². The molecule has 0 aromatic heterocycles. The van der Waals surface area contributed by atoms with Crippen LogP contribution in [0.5, 0.6) is 0 Å². The summed E-state index contributed by atoms with van der Waals surface area (Å²) in [6.45, 7) is 1.51. The Morgan fingerprint density at radius 3 is 2.03 bits per heavy atom. The first-order chi connectivity index (χ1) is 15.5. The number of hydrogen-bond acceptors (Lipinski definition) is 4. The van der Waals surface area contributed by atoms with Gasteiger partial charge in [0, 0.05) is 5.92 Å². The molecule has 1 aliphatic heterocycles. The molecule has 0 saturated carbocycles. The molecule has 0 N–H and O–H groups in total. The molecule has 2 amide bonds. The Kier molecular flexibility index (Phi) is 3.65. The number of imide groups is 1. The molecule has 1 fully saturated rings. The van der Waals surface area contributed by atoms with Crippen LogP contribution in [-0.4, -0.2) is 17.6 Å². The Bertz CT molecular complexity index is 1350. The van der Waals surface area contributed by atoms with E-state index in [0.717, 1.165) is 27.2 Å². The second-order valence-electron chi connectivity index (χ2n) is 8.66. The van der Waals surface area contributed by atoms with E-state index >= 15 is 0 Å². The number of ketones is 1. The molecule has 3 aromatic rings. The number of Topliss-reactive ketones (excluding diaryl/α,β-unsaturated/α-hetero) is 1. The van der Waals surface area contributed by atoms with Crippen molar-refractivity contribution in [1.82, 2.24) is 0 Å². The first-order valence-electron chi connectivity index (χ1n) is 10.6. The molecule has 5 nitrogen and oxygen atoms in total. The zero-order valence-corrected chi connectivity index (χ0v) is 17.3. The molecule has 3 aliphatic carbocycles. The van der Waals surface area contributed by atoms with Crippen molar-refractivity contribution >= 4 is 23.3 Å². The predicted molar refractivity (Wildman–Crippen MR) is 117 cm³/mol. The second-order valence-corrected chi connectivity index (χ2v) is 8.66. The minimum Gasteiger partial charge on any atom is -0.299 e. The number of rotatable bonds is 2. The Labute approximate surface area is 184 Å². The van der Waals surface area contributed by atoms with Crippen LogP contribution in [0.1, 0.15) is 40.7 Å². The highest BCUT2D eigenvalue weighted by molar-refractivity contribution is 6.26. The third-order valence-electron chi connectivity index (χ3n) is 7.44. The van der Waals surface area contributed by atoms with Crippen LogP contribution in [-0.2, 0) is 19.8 Å². The Balaban J connectivity index is 1.69. The minimum atomic E-state index is -1.23. The predicted octanol–water partition coefficient (Wildman–Crippen LogP) is 3.70. The normalized spacial score (nSPS) is 26.9. The van der Waals surface area contributed by atoms with E-state index in [-0.39, 0.29) is 28.9 Å². The van der Waals surface area contributed by atoms with Crippen molar-refractivity contribution in [2.75, 3.05) is 4.90 Å². The van der Waals surface area contributed by atoms with E-state index in [4.69, 9.17) is 0 Å². The van der Waals surface area contributed by atoms with Gasteiger partial charge in [-0.2, -0.15) is 5.26 Å². The maximum absolute atomic E-state index is 14.0. The lowest BCUT2D eigenvalue weighted by atomic mass is 9.46. The molecule has 32 heavy (non-hydrogen) atoms. The maximum Gasteiger partial charge on any atom is 0.239 e. The summed E-state index contributed by atoms with van der Waals surface area (Å²) < 4.78 is 0. The van der Waals surface area contributed by atoms with Crippen LogP contribution >= 0.6 is 0 Å². The van der Waals surface area contributed by atoms with Gasteiger partial charge in [-0.3, -0.25) is 14.4 Å². The van der Waals surface area contributed by atoms with Crippen LogP contribution in [0.2, 0.25) is 0 Å². The average molecular weight is 418 g/mol. The summed E-state index contributed by atoms with van der Waals surface area (Å²) in [5.41, 5.74) is 2.80. The van der Waals surface area contributed by atoms with Gasteiger partial charge >= 0.3 is 0 Å². The second kappa shape index (κ2) is 6.24. The Morgan fingerprint density at radius 2 is 1.44 bits per heavy atom. The SMILES string of the molecule is CC(=O)C12c3ccccc3C(c3ccccc31)[C@@H]1C(=O)N(c3ccccc3C#N)C(=O)[C@@H]12. The molecule has 1 heterocycles. The van der Waals surface area contributed by atoms with Crippen molar-refractivity contribution < 1.29 is 14.4 Å². The van der Waals surface area contributed by atoms with Gasteiger partial charge < -0.3 is 0 Å². The summed E-state index contributed by atoms with van der Waals surface area (Å²) in [4.78, 5) is 42.5. The van der Waals surface area contributed by atoms with E-state index in [1.807, 2.05) is 48.5 Å². The molecule has 1 saturated heterocycles. The van der Waals surface area contributed by atoms with Crippen LogP contribution in [0.15, 0.2) is 72.8 Å². The van der Waals surface area contributed by atoms with Gasteiger partial charge in [0.15, 0.2) is 0 Å². The third-order valence-corrected chi connectivity index (χ3v) is 7.44. The van der Waals surface area contributed by atoms with Crippen molar-refractivity contribution in [2.24, 2.45) is 11.8 Å². The van der Waals surface area contributed by atoms with E-state index in [1.165, 1.54) is 6.92 Å². The molecule has 3 aromatic carbocycles. The third kappa shape index (κ3) is 1.95. The van der Waals surface area contributed by atoms with Crippen LogP contribution in [0, 0.1) is 23.2 Å². The number of amides is 2. The van der Waals surface area contributed by atoms with Gasteiger partial charge in [0.25, 0.3) is 0 Å². The number of carbonyl (C=O) groups excluding carboxylic acids is 3. The number of hydrogen-bond donors (Lipinski definition) is 0. The molecule has 4 aliphatic rings. The lowest BCUT2D eigenvalue weighted by Gasteiger charge is -2.52. The quantitative estimate of drug-likeness (QED) is 0.595.